The highest BCUT2D eigenvalue weighted by Gasteiger charge is 2.19. The Hall–Kier alpha value is -7.17. The molecule has 10 aromatic rings. The average Bonchev–Trinajstić information content (AvgIpc) is 3.62. The first-order chi connectivity index (χ1) is 26.3. The Balaban J connectivity index is 1.19. The molecule has 4 heteroatoms. The van der Waals surface area contributed by atoms with Gasteiger partial charge in [0, 0.05) is 27.5 Å². The summed E-state index contributed by atoms with van der Waals surface area (Å²) >= 11 is 0. The molecule has 0 atom stereocenters. The second kappa shape index (κ2) is 12.9. The van der Waals surface area contributed by atoms with E-state index in [0.29, 0.717) is 17.5 Å². The first kappa shape index (κ1) is 30.6. The van der Waals surface area contributed by atoms with Gasteiger partial charge in [0.25, 0.3) is 0 Å². The third kappa shape index (κ3) is 5.45. The van der Waals surface area contributed by atoms with Gasteiger partial charge < -0.3 is 4.42 Å². The van der Waals surface area contributed by atoms with Crippen molar-refractivity contribution >= 4 is 32.7 Å². The summed E-state index contributed by atoms with van der Waals surface area (Å²) in [5, 5.41) is 4.37. The molecule has 0 fully saturated rings. The normalized spacial score (nSPS) is 11.4. The molecule has 0 radical (unpaired) electrons. The van der Waals surface area contributed by atoms with E-state index in [1.807, 2.05) is 30.3 Å². The van der Waals surface area contributed by atoms with Crippen LogP contribution in [0.3, 0.4) is 0 Å². The summed E-state index contributed by atoms with van der Waals surface area (Å²) in [5.41, 5.74) is 11.1. The van der Waals surface area contributed by atoms with Crippen LogP contribution in [0.5, 0.6) is 0 Å². The van der Waals surface area contributed by atoms with Gasteiger partial charge >= 0.3 is 0 Å². The maximum absolute atomic E-state index is 6.53. The minimum absolute atomic E-state index is 0.578. The van der Waals surface area contributed by atoms with Crippen LogP contribution in [-0.4, -0.2) is 15.0 Å². The summed E-state index contributed by atoms with van der Waals surface area (Å²) in [4.78, 5) is 15.6. The standard InChI is InChI=1S/C49H31N3O/c1-4-15-32(16-5-1)36-23-12-26-40-39(36)25-13-27-42(40)49-51-47(50-48(52-49)41-22-11-10-21-37(41)33-17-6-2-7-18-33)35-29-30-43-45(31-35)53-44-28-14-24-38(46(43)44)34-19-8-3-9-20-34/h1-31H. The molecule has 0 saturated carbocycles. The lowest BCUT2D eigenvalue weighted by atomic mass is 9.95. The van der Waals surface area contributed by atoms with Crippen molar-refractivity contribution in [2.24, 2.45) is 0 Å². The molecular formula is C49H31N3O. The van der Waals surface area contributed by atoms with Crippen LogP contribution in [-0.2, 0) is 0 Å². The van der Waals surface area contributed by atoms with Gasteiger partial charge in [0.05, 0.1) is 0 Å². The van der Waals surface area contributed by atoms with Gasteiger partial charge in [0.15, 0.2) is 17.5 Å². The number of aromatic nitrogens is 3. The lowest BCUT2D eigenvalue weighted by Crippen LogP contribution is -2.01. The largest absolute Gasteiger partial charge is 0.456 e. The number of benzene rings is 8. The van der Waals surface area contributed by atoms with Crippen molar-refractivity contribution in [1.82, 2.24) is 15.0 Å². The van der Waals surface area contributed by atoms with Gasteiger partial charge in [-0.15, -0.1) is 0 Å². The molecule has 0 aliphatic heterocycles. The molecule has 2 aromatic heterocycles. The molecule has 10 rings (SSSR count). The van der Waals surface area contributed by atoms with E-state index >= 15 is 0 Å². The molecule has 0 spiro atoms. The van der Waals surface area contributed by atoms with Crippen molar-refractivity contribution < 1.29 is 4.42 Å². The third-order valence-corrected chi connectivity index (χ3v) is 9.98. The Bertz CT molecular complexity index is 2940. The molecule has 0 saturated heterocycles. The molecule has 0 unspecified atom stereocenters. The van der Waals surface area contributed by atoms with E-state index in [0.717, 1.165) is 71.7 Å². The van der Waals surface area contributed by atoms with Crippen molar-refractivity contribution in [2.75, 3.05) is 0 Å². The van der Waals surface area contributed by atoms with Gasteiger partial charge in [-0.05, 0) is 62.4 Å². The highest BCUT2D eigenvalue weighted by atomic mass is 16.3. The van der Waals surface area contributed by atoms with Crippen molar-refractivity contribution in [1.29, 1.82) is 0 Å². The van der Waals surface area contributed by atoms with Crippen LogP contribution in [0, 0.1) is 0 Å². The second-order valence-electron chi connectivity index (χ2n) is 13.1. The lowest BCUT2D eigenvalue weighted by molar-refractivity contribution is 0.669. The van der Waals surface area contributed by atoms with Crippen LogP contribution >= 0.6 is 0 Å². The highest BCUT2D eigenvalue weighted by molar-refractivity contribution is 6.13. The number of fused-ring (bicyclic) bond motifs is 4. The van der Waals surface area contributed by atoms with Crippen LogP contribution in [0.15, 0.2) is 192 Å². The number of hydrogen-bond acceptors (Lipinski definition) is 4. The highest BCUT2D eigenvalue weighted by Crippen LogP contribution is 2.40. The predicted octanol–water partition coefficient (Wildman–Crippen LogP) is 12.9. The lowest BCUT2D eigenvalue weighted by Gasteiger charge is -2.14. The number of furan rings is 1. The van der Waals surface area contributed by atoms with Crippen LogP contribution < -0.4 is 0 Å². The van der Waals surface area contributed by atoms with E-state index in [1.54, 1.807) is 0 Å². The third-order valence-electron chi connectivity index (χ3n) is 9.98. The molecule has 8 aromatic carbocycles. The van der Waals surface area contributed by atoms with E-state index in [2.05, 4.69) is 158 Å². The van der Waals surface area contributed by atoms with Crippen LogP contribution in [0.1, 0.15) is 0 Å². The SMILES string of the molecule is c1ccc(-c2ccccc2-c2nc(-c3ccc4c(c3)oc3cccc(-c5ccccc5)c34)nc(-c3cccc4c(-c5ccccc5)cccc34)n2)cc1. The first-order valence-corrected chi connectivity index (χ1v) is 17.8. The Morgan fingerprint density at radius 1 is 0.283 bits per heavy atom. The van der Waals surface area contributed by atoms with Gasteiger partial charge in [-0.1, -0.05) is 170 Å². The summed E-state index contributed by atoms with van der Waals surface area (Å²) in [6.07, 6.45) is 0. The van der Waals surface area contributed by atoms with Crippen molar-refractivity contribution in [3.05, 3.63) is 188 Å². The topological polar surface area (TPSA) is 51.8 Å². The Labute approximate surface area is 306 Å². The summed E-state index contributed by atoms with van der Waals surface area (Å²) in [6.45, 7) is 0. The monoisotopic (exact) mass is 677 g/mol. The Morgan fingerprint density at radius 3 is 1.47 bits per heavy atom. The Kier molecular flexibility index (Phi) is 7.43. The zero-order chi connectivity index (χ0) is 35.1. The molecule has 4 nitrogen and oxygen atoms in total. The average molecular weight is 678 g/mol. The fourth-order valence-electron chi connectivity index (χ4n) is 7.49. The van der Waals surface area contributed by atoms with E-state index in [9.17, 15) is 0 Å². The molecular weight excluding hydrogens is 647 g/mol. The molecule has 0 bridgehead atoms. The summed E-state index contributed by atoms with van der Waals surface area (Å²) in [7, 11) is 0. The summed E-state index contributed by atoms with van der Waals surface area (Å²) in [6, 6.07) is 65.0. The van der Waals surface area contributed by atoms with Gasteiger partial charge in [0.2, 0.25) is 0 Å². The minimum atomic E-state index is 0.578. The van der Waals surface area contributed by atoms with Gasteiger partial charge in [0.1, 0.15) is 11.2 Å². The van der Waals surface area contributed by atoms with Crippen molar-refractivity contribution in [3.63, 3.8) is 0 Å². The quantitative estimate of drug-likeness (QED) is 0.176. The number of rotatable bonds is 6. The first-order valence-electron chi connectivity index (χ1n) is 17.8. The van der Waals surface area contributed by atoms with E-state index < -0.39 is 0 Å². The number of nitrogens with zero attached hydrogens (tertiary/aromatic N) is 3. The summed E-state index contributed by atoms with van der Waals surface area (Å²) < 4.78 is 6.53. The van der Waals surface area contributed by atoms with Crippen molar-refractivity contribution in [2.45, 2.75) is 0 Å². The smallest absolute Gasteiger partial charge is 0.164 e. The van der Waals surface area contributed by atoms with Gasteiger partial charge in [-0.25, -0.2) is 15.0 Å². The maximum Gasteiger partial charge on any atom is 0.164 e. The maximum atomic E-state index is 6.53. The molecule has 248 valence electrons. The van der Waals surface area contributed by atoms with E-state index in [1.165, 1.54) is 11.1 Å². The molecule has 53 heavy (non-hydrogen) atoms. The van der Waals surface area contributed by atoms with Gasteiger partial charge in [-0.2, -0.15) is 0 Å². The van der Waals surface area contributed by atoms with Crippen LogP contribution in [0.4, 0.5) is 0 Å². The summed E-state index contributed by atoms with van der Waals surface area (Å²) in [5.74, 6) is 1.80. The van der Waals surface area contributed by atoms with Gasteiger partial charge in [-0.3, -0.25) is 0 Å². The molecule has 0 N–H and O–H groups in total. The molecule has 0 amide bonds. The molecule has 0 aliphatic rings. The fourth-order valence-corrected chi connectivity index (χ4v) is 7.49. The second-order valence-corrected chi connectivity index (χ2v) is 13.1. The minimum Gasteiger partial charge on any atom is -0.456 e. The number of hydrogen-bond donors (Lipinski definition) is 0. The van der Waals surface area contributed by atoms with Crippen molar-refractivity contribution in [3.8, 4) is 67.5 Å². The van der Waals surface area contributed by atoms with E-state index in [-0.39, 0.29) is 0 Å². The zero-order valence-corrected chi connectivity index (χ0v) is 28.6. The molecule has 2 heterocycles. The Morgan fingerprint density at radius 2 is 0.774 bits per heavy atom. The van der Waals surface area contributed by atoms with Crippen LogP contribution in [0.25, 0.3) is 100 Å². The van der Waals surface area contributed by atoms with Crippen LogP contribution in [0.2, 0.25) is 0 Å². The molecule has 0 aliphatic carbocycles. The zero-order valence-electron chi connectivity index (χ0n) is 28.6. The fraction of sp³-hybridized carbons (Fsp3) is 0. The predicted molar refractivity (Wildman–Crippen MR) is 217 cm³/mol. The van der Waals surface area contributed by atoms with E-state index in [4.69, 9.17) is 19.4 Å².